The molecular weight excluding hydrogens is 391 g/mol. The van der Waals surface area contributed by atoms with Crippen LogP contribution < -0.4 is 10.2 Å². The van der Waals surface area contributed by atoms with E-state index in [1.807, 2.05) is 29.2 Å². The molecule has 8 heteroatoms. The van der Waals surface area contributed by atoms with Crippen molar-refractivity contribution in [2.45, 2.75) is 12.7 Å². The van der Waals surface area contributed by atoms with Crippen molar-refractivity contribution in [1.29, 1.82) is 0 Å². The van der Waals surface area contributed by atoms with Crippen LogP contribution in [-0.2, 0) is 17.5 Å². The molecule has 1 aliphatic heterocycles. The molecule has 0 spiro atoms. The highest BCUT2D eigenvalue weighted by atomic mass is 35.5. The minimum absolute atomic E-state index is 0.0746. The highest BCUT2D eigenvalue weighted by Gasteiger charge is 2.30. The number of amides is 1. The summed E-state index contributed by atoms with van der Waals surface area (Å²) in [4.78, 5) is 16.4. The van der Waals surface area contributed by atoms with Crippen molar-refractivity contribution in [3.05, 3.63) is 64.7 Å². The van der Waals surface area contributed by atoms with Crippen LogP contribution in [0, 0.1) is 0 Å². The lowest BCUT2D eigenvalue weighted by atomic mass is 10.1. The lowest BCUT2D eigenvalue weighted by molar-refractivity contribution is -0.137. The van der Waals surface area contributed by atoms with E-state index in [9.17, 15) is 18.0 Å². The SMILES string of the molecule is O=C(CN1CCN(c2cccc(Cl)c2)CC1)NCc1cccc(C(F)(F)F)c1. The molecule has 0 aliphatic carbocycles. The van der Waals surface area contributed by atoms with Gasteiger partial charge in [-0.1, -0.05) is 29.8 Å². The second-order valence-corrected chi connectivity index (χ2v) is 7.15. The summed E-state index contributed by atoms with van der Waals surface area (Å²) in [7, 11) is 0. The smallest absolute Gasteiger partial charge is 0.369 e. The summed E-state index contributed by atoms with van der Waals surface area (Å²) in [6, 6.07) is 12.6. The number of piperazine rings is 1. The van der Waals surface area contributed by atoms with Gasteiger partial charge in [0.25, 0.3) is 0 Å². The zero-order valence-electron chi connectivity index (χ0n) is 15.2. The predicted octanol–water partition coefficient (Wildman–Crippen LogP) is 3.80. The summed E-state index contributed by atoms with van der Waals surface area (Å²) >= 11 is 6.03. The Hall–Kier alpha value is -2.25. The molecule has 0 unspecified atom stereocenters. The topological polar surface area (TPSA) is 35.6 Å². The molecule has 28 heavy (non-hydrogen) atoms. The molecule has 0 radical (unpaired) electrons. The van der Waals surface area contributed by atoms with Crippen molar-refractivity contribution in [2.24, 2.45) is 0 Å². The molecule has 1 amide bonds. The van der Waals surface area contributed by atoms with Crippen molar-refractivity contribution in [3.63, 3.8) is 0 Å². The fourth-order valence-electron chi connectivity index (χ4n) is 3.15. The first-order chi connectivity index (χ1) is 13.3. The maximum absolute atomic E-state index is 12.7. The molecule has 1 N–H and O–H groups in total. The summed E-state index contributed by atoms with van der Waals surface area (Å²) in [5.74, 6) is -0.200. The quantitative estimate of drug-likeness (QED) is 0.813. The van der Waals surface area contributed by atoms with Crippen LogP contribution in [0.2, 0.25) is 5.02 Å². The molecule has 0 atom stereocenters. The maximum Gasteiger partial charge on any atom is 0.416 e. The van der Waals surface area contributed by atoms with Gasteiger partial charge in [0.1, 0.15) is 0 Å². The lowest BCUT2D eigenvalue weighted by Crippen LogP contribution is -2.49. The number of anilines is 1. The van der Waals surface area contributed by atoms with Crippen LogP contribution in [0.25, 0.3) is 0 Å². The van der Waals surface area contributed by atoms with E-state index in [1.165, 1.54) is 6.07 Å². The molecule has 1 saturated heterocycles. The Morgan fingerprint density at radius 3 is 2.43 bits per heavy atom. The number of hydrogen-bond donors (Lipinski definition) is 1. The summed E-state index contributed by atoms with van der Waals surface area (Å²) in [5, 5.41) is 3.39. The first kappa shape index (κ1) is 20.5. The van der Waals surface area contributed by atoms with Gasteiger partial charge in [0.05, 0.1) is 12.1 Å². The van der Waals surface area contributed by atoms with E-state index < -0.39 is 11.7 Å². The molecule has 0 bridgehead atoms. The highest BCUT2D eigenvalue weighted by Crippen LogP contribution is 2.29. The van der Waals surface area contributed by atoms with Crippen LogP contribution >= 0.6 is 11.6 Å². The number of carbonyl (C=O) groups is 1. The number of hydrogen-bond acceptors (Lipinski definition) is 3. The van der Waals surface area contributed by atoms with Crippen LogP contribution in [0.5, 0.6) is 0 Å². The minimum atomic E-state index is -4.39. The molecule has 1 heterocycles. The van der Waals surface area contributed by atoms with Crippen LogP contribution in [-0.4, -0.2) is 43.5 Å². The van der Waals surface area contributed by atoms with Gasteiger partial charge in [-0.2, -0.15) is 13.2 Å². The van der Waals surface area contributed by atoms with E-state index >= 15 is 0 Å². The highest BCUT2D eigenvalue weighted by molar-refractivity contribution is 6.30. The largest absolute Gasteiger partial charge is 0.416 e. The molecule has 2 aromatic carbocycles. The van der Waals surface area contributed by atoms with E-state index in [0.717, 1.165) is 44.0 Å². The molecule has 1 fully saturated rings. The van der Waals surface area contributed by atoms with Crippen molar-refractivity contribution in [2.75, 3.05) is 37.6 Å². The summed E-state index contributed by atoms with van der Waals surface area (Å²) in [5.41, 5.74) is 0.770. The monoisotopic (exact) mass is 411 g/mol. The Kier molecular flexibility index (Phi) is 6.46. The number of carbonyl (C=O) groups excluding carboxylic acids is 1. The summed E-state index contributed by atoms with van der Waals surface area (Å²) in [6.07, 6.45) is -4.39. The molecule has 2 aromatic rings. The van der Waals surface area contributed by atoms with Crippen molar-refractivity contribution in [1.82, 2.24) is 10.2 Å². The molecular formula is C20H21ClF3N3O. The normalized spacial score (nSPS) is 15.5. The zero-order valence-corrected chi connectivity index (χ0v) is 15.9. The van der Waals surface area contributed by atoms with E-state index in [-0.39, 0.29) is 19.0 Å². The fourth-order valence-corrected chi connectivity index (χ4v) is 3.34. The third kappa shape index (κ3) is 5.62. The van der Waals surface area contributed by atoms with Gasteiger partial charge in [-0.05, 0) is 35.9 Å². The van der Waals surface area contributed by atoms with Crippen LogP contribution in [0.15, 0.2) is 48.5 Å². The van der Waals surface area contributed by atoms with Crippen LogP contribution in [0.1, 0.15) is 11.1 Å². The Morgan fingerprint density at radius 1 is 1.04 bits per heavy atom. The molecule has 4 nitrogen and oxygen atoms in total. The Morgan fingerprint density at radius 2 is 1.75 bits per heavy atom. The van der Waals surface area contributed by atoms with Gasteiger partial charge >= 0.3 is 6.18 Å². The number of nitrogens with zero attached hydrogens (tertiary/aromatic N) is 2. The van der Waals surface area contributed by atoms with Crippen LogP contribution in [0.4, 0.5) is 18.9 Å². The number of alkyl halides is 3. The third-order valence-corrected chi connectivity index (χ3v) is 4.89. The Balaban J connectivity index is 1.45. The Labute approximate surface area is 166 Å². The van der Waals surface area contributed by atoms with Gasteiger partial charge < -0.3 is 10.2 Å². The number of halogens is 4. The molecule has 0 aromatic heterocycles. The van der Waals surface area contributed by atoms with Crippen LogP contribution in [0.3, 0.4) is 0 Å². The van der Waals surface area contributed by atoms with E-state index in [4.69, 9.17) is 11.6 Å². The molecule has 1 aliphatic rings. The van der Waals surface area contributed by atoms with Crippen molar-refractivity contribution < 1.29 is 18.0 Å². The fraction of sp³-hybridized carbons (Fsp3) is 0.350. The third-order valence-electron chi connectivity index (χ3n) is 4.66. The average molecular weight is 412 g/mol. The molecule has 150 valence electrons. The zero-order chi connectivity index (χ0) is 20.1. The van der Waals surface area contributed by atoms with E-state index in [0.29, 0.717) is 10.6 Å². The van der Waals surface area contributed by atoms with Gasteiger partial charge in [-0.15, -0.1) is 0 Å². The van der Waals surface area contributed by atoms with Gasteiger partial charge in [0.2, 0.25) is 5.91 Å². The van der Waals surface area contributed by atoms with E-state index in [2.05, 4.69) is 10.2 Å². The standard InChI is InChI=1S/C20H21ClF3N3O/c21-17-5-2-6-18(12-17)27-9-7-26(8-10-27)14-19(28)25-13-15-3-1-4-16(11-15)20(22,23)24/h1-6,11-12H,7-10,13-14H2,(H,25,28). The second-order valence-electron chi connectivity index (χ2n) is 6.72. The molecule has 3 rings (SSSR count). The van der Waals surface area contributed by atoms with E-state index in [1.54, 1.807) is 6.07 Å². The molecule has 0 saturated carbocycles. The number of rotatable bonds is 5. The van der Waals surface area contributed by atoms with Gasteiger partial charge in [0, 0.05) is 43.4 Å². The average Bonchev–Trinajstić information content (AvgIpc) is 2.66. The first-order valence-corrected chi connectivity index (χ1v) is 9.35. The van der Waals surface area contributed by atoms with Crippen molar-refractivity contribution >= 4 is 23.2 Å². The predicted molar refractivity (Wildman–Crippen MR) is 103 cm³/mol. The van der Waals surface area contributed by atoms with Gasteiger partial charge in [0.15, 0.2) is 0 Å². The minimum Gasteiger partial charge on any atom is -0.369 e. The summed E-state index contributed by atoms with van der Waals surface area (Å²) in [6.45, 7) is 3.31. The first-order valence-electron chi connectivity index (χ1n) is 8.97. The maximum atomic E-state index is 12.7. The number of benzene rings is 2. The summed E-state index contributed by atoms with van der Waals surface area (Å²) < 4.78 is 38.2. The Bertz CT molecular complexity index is 820. The van der Waals surface area contributed by atoms with Gasteiger partial charge in [-0.3, -0.25) is 9.69 Å². The van der Waals surface area contributed by atoms with Gasteiger partial charge in [-0.25, -0.2) is 0 Å². The lowest BCUT2D eigenvalue weighted by Gasteiger charge is -2.35. The number of nitrogens with one attached hydrogen (secondary N) is 1. The second kappa shape index (κ2) is 8.84. The van der Waals surface area contributed by atoms with Crippen molar-refractivity contribution in [3.8, 4) is 0 Å².